The third kappa shape index (κ3) is 5.24. The Labute approximate surface area is 296 Å². The van der Waals surface area contributed by atoms with Gasteiger partial charge in [-0.05, 0) is 57.2 Å². The number of alkyl halides is 1. The van der Waals surface area contributed by atoms with Crippen LogP contribution in [-0.4, -0.2) is 98.6 Å². The van der Waals surface area contributed by atoms with Crippen LogP contribution in [-0.2, 0) is 18.0 Å². The minimum absolute atomic E-state index is 0.00206. The van der Waals surface area contributed by atoms with Crippen molar-refractivity contribution in [2.24, 2.45) is 0 Å². The summed E-state index contributed by atoms with van der Waals surface area (Å²) in [5, 5.41) is 21.4. The molecular weight excluding hydrogens is 682 g/mol. The maximum atomic E-state index is 17.5. The second-order valence-electron chi connectivity index (χ2n) is 15.5. The summed E-state index contributed by atoms with van der Waals surface area (Å²) >= 11 is 0.926. The largest absolute Gasteiger partial charge is 0.461 e. The predicted molar refractivity (Wildman–Crippen MR) is 186 cm³/mol. The third-order valence-corrected chi connectivity index (χ3v) is 12.5. The summed E-state index contributed by atoms with van der Waals surface area (Å²) in [6.45, 7) is 7.12. The summed E-state index contributed by atoms with van der Waals surface area (Å²) in [6.07, 6.45) is 3.99. The van der Waals surface area contributed by atoms with Gasteiger partial charge < -0.3 is 25.2 Å². The number of hydrogen-bond donors (Lipinski definition) is 2. The predicted octanol–water partition coefficient (Wildman–Crippen LogP) is 5.05. The highest BCUT2D eigenvalue weighted by Gasteiger charge is 2.50. The second-order valence-corrected chi connectivity index (χ2v) is 16.5. The molecule has 8 heterocycles. The number of halogens is 3. The molecule has 3 N–H and O–H groups in total. The molecule has 4 saturated heterocycles. The van der Waals surface area contributed by atoms with Crippen molar-refractivity contribution < 1.29 is 27.8 Å². The monoisotopic (exact) mass is 720 g/mol. The molecule has 9 rings (SSSR count). The quantitative estimate of drug-likeness (QED) is 0.266. The van der Waals surface area contributed by atoms with E-state index in [1.807, 2.05) is 0 Å². The van der Waals surface area contributed by atoms with E-state index in [0.717, 1.165) is 49.8 Å². The van der Waals surface area contributed by atoms with E-state index in [9.17, 15) is 14.8 Å². The first-order valence-corrected chi connectivity index (χ1v) is 18.4. The van der Waals surface area contributed by atoms with Crippen LogP contribution in [0.4, 0.5) is 24.0 Å². The number of ether oxygens (including phenoxy) is 2. The van der Waals surface area contributed by atoms with Crippen molar-refractivity contribution in [2.45, 2.75) is 88.6 Å². The van der Waals surface area contributed by atoms with Gasteiger partial charge in [-0.1, -0.05) is 0 Å². The molecule has 0 radical (unpaired) electrons. The number of β-amino-alcohol motifs (C(OH)–C–C–N with tert-alkyl or cyclic N) is 1. The van der Waals surface area contributed by atoms with Crippen LogP contribution in [0.15, 0.2) is 6.20 Å². The number of fused-ring (bicyclic) bond motifs is 7. The number of pyridine rings is 1. The Kier molecular flexibility index (Phi) is 7.69. The van der Waals surface area contributed by atoms with Crippen LogP contribution in [0.5, 0.6) is 6.01 Å². The molecule has 15 heteroatoms. The highest BCUT2D eigenvalue weighted by atomic mass is 32.1. The van der Waals surface area contributed by atoms with E-state index in [4.69, 9.17) is 25.2 Å². The van der Waals surface area contributed by atoms with E-state index in [-0.39, 0.29) is 75.3 Å². The highest BCUT2D eigenvalue weighted by molar-refractivity contribution is 7.23. The lowest BCUT2D eigenvalue weighted by molar-refractivity contribution is 0.0292. The lowest BCUT2D eigenvalue weighted by Crippen LogP contribution is -2.56. The summed E-state index contributed by atoms with van der Waals surface area (Å²) in [5.74, 6) is -0.790. The van der Waals surface area contributed by atoms with E-state index in [0.29, 0.717) is 54.9 Å². The number of likely N-dealkylation sites (tertiary alicyclic amines) is 1. The van der Waals surface area contributed by atoms with Crippen molar-refractivity contribution in [3.63, 3.8) is 0 Å². The van der Waals surface area contributed by atoms with Gasteiger partial charge in [-0.15, -0.1) is 11.3 Å². The van der Waals surface area contributed by atoms with Crippen molar-refractivity contribution >= 4 is 43.1 Å². The maximum Gasteiger partial charge on any atom is 0.319 e. The van der Waals surface area contributed by atoms with Gasteiger partial charge in [0.1, 0.15) is 35.2 Å². The van der Waals surface area contributed by atoms with Crippen molar-refractivity contribution in [1.82, 2.24) is 24.8 Å². The fraction of sp³-hybridized carbons (Fsp3) is 0.556. The molecule has 3 aromatic heterocycles. The van der Waals surface area contributed by atoms with E-state index in [2.05, 4.69) is 25.8 Å². The smallest absolute Gasteiger partial charge is 0.319 e. The molecule has 0 amide bonds. The lowest BCUT2D eigenvalue weighted by atomic mass is 9.93. The first-order valence-electron chi connectivity index (χ1n) is 17.6. The molecule has 2 bridgehead atoms. The molecular formula is C36H39F3N8O3S. The average Bonchev–Trinajstić information content (AvgIpc) is 3.88. The summed E-state index contributed by atoms with van der Waals surface area (Å²) in [6, 6.07) is 2.16. The average molecular weight is 721 g/mol. The van der Waals surface area contributed by atoms with E-state index >= 15 is 8.78 Å². The topological polar surface area (TPSA) is 137 Å². The number of nitrogen functional groups attached to an aromatic ring is 1. The van der Waals surface area contributed by atoms with Crippen LogP contribution >= 0.6 is 11.3 Å². The summed E-state index contributed by atoms with van der Waals surface area (Å²) in [7, 11) is 0. The molecule has 4 atom stereocenters. The fourth-order valence-electron chi connectivity index (χ4n) is 9.54. The van der Waals surface area contributed by atoms with E-state index in [1.165, 1.54) is 0 Å². The number of aliphatic hydroxyl groups is 1. The van der Waals surface area contributed by atoms with Crippen LogP contribution in [0.1, 0.15) is 62.6 Å². The Hall–Kier alpha value is -3.81. The van der Waals surface area contributed by atoms with Crippen LogP contribution in [0.25, 0.3) is 32.2 Å². The maximum absolute atomic E-state index is 17.5. The van der Waals surface area contributed by atoms with Crippen molar-refractivity contribution in [3.8, 4) is 23.3 Å². The number of thiophene rings is 1. The van der Waals surface area contributed by atoms with Gasteiger partial charge in [0, 0.05) is 55.6 Å². The number of anilines is 2. The van der Waals surface area contributed by atoms with Gasteiger partial charge in [0.25, 0.3) is 0 Å². The molecule has 3 unspecified atom stereocenters. The molecule has 4 aromatic rings. The number of hydrogen-bond acceptors (Lipinski definition) is 12. The minimum Gasteiger partial charge on any atom is -0.461 e. The molecule has 51 heavy (non-hydrogen) atoms. The van der Waals surface area contributed by atoms with Crippen molar-refractivity contribution in [1.29, 1.82) is 5.26 Å². The van der Waals surface area contributed by atoms with Crippen molar-refractivity contribution in [3.05, 3.63) is 34.5 Å². The summed E-state index contributed by atoms with van der Waals surface area (Å²) in [5.41, 5.74) is 6.31. The Morgan fingerprint density at radius 1 is 1.16 bits per heavy atom. The van der Waals surface area contributed by atoms with Gasteiger partial charge in [0.2, 0.25) is 0 Å². The minimum atomic E-state index is -0.940. The molecule has 1 aromatic carbocycles. The fourth-order valence-corrected chi connectivity index (χ4v) is 10.5. The van der Waals surface area contributed by atoms with Gasteiger partial charge in [0.05, 0.1) is 51.9 Å². The molecule has 5 aliphatic heterocycles. The number of piperazine rings is 1. The zero-order valence-corrected chi connectivity index (χ0v) is 29.3. The SMILES string of the molecule is CC(C)(O)CN1CC2CCC(C1)N2c1nc(OC[C@@]23CCCN2CC(F)C3)nc2c(F)c(-c3ncc(F)c4sc(N)c(C#N)c34)c3c(c12)COC3. The zero-order valence-electron chi connectivity index (χ0n) is 28.5. The highest BCUT2D eigenvalue weighted by Crippen LogP contribution is 2.48. The van der Waals surface area contributed by atoms with Gasteiger partial charge in [-0.2, -0.15) is 15.2 Å². The van der Waals surface area contributed by atoms with Gasteiger partial charge in [-0.3, -0.25) is 14.8 Å². The Balaban J connectivity index is 1.23. The number of rotatable bonds is 7. The number of benzene rings is 1. The Bertz CT molecular complexity index is 2120. The molecule has 11 nitrogen and oxygen atoms in total. The molecule has 0 spiro atoms. The molecule has 0 saturated carbocycles. The Morgan fingerprint density at radius 2 is 1.92 bits per heavy atom. The zero-order chi connectivity index (χ0) is 35.4. The first kappa shape index (κ1) is 33.1. The normalized spacial score (nSPS) is 26.4. The molecule has 0 aliphatic carbocycles. The number of nitrogens with two attached hydrogens (primary N) is 1. The summed E-state index contributed by atoms with van der Waals surface area (Å²) < 4.78 is 59.7. The Morgan fingerprint density at radius 3 is 2.67 bits per heavy atom. The molecule has 268 valence electrons. The lowest BCUT2D eigenvalue weighted by Gasteiger charge is -2.43. The van der Waals surface area contributed by atoms with Crippen LogP contribution in [0.3, 0.4) is 0 Å². The van der Waals surface area contributed by atoms with E-state index < -0.39 is 28.9 Å². The first-order chi connectivity index (χ1) is 24.4. The van der Waals surface area contributed by atoms with E-state index in [1.54, 1.807) is 13.8 Å². The number of nitriles is 1. The van der Waals surface area contributed by atoms with Crippen LogP contribution < -0.4 is 15.4 Å². The van der Waals surface area contributed by atoms with Gasteiger partial charge in [-0.25, -0.2) is 13.2 Å². The van der Waals surface area contributed by atoms with Gasteiger partial charge >= 0.3 is 6.01 Å². The molecule has 5 aliphatic rings. The van der Waals surface area contributed by atoms with Crippen molar-refractivity contribution in [2.75, 3.05) is 50.0 Å². The number of nitrogens with zero attached hydrogens (tertiary/aromatic N) is 7. The molecule has 4 fully saturated rings. The van der Waals surface area contributed by atoms with Crippen LogP contribution in [0.2, 0.25) is 0 Å². The van der Waals surface area contributed by atoms with Crippen LogP contribution in [0, 0.1) is 23.0 Å². The standard InChI is InChI=1S/C36H39F3N8O3S/c1-35(2,48)16-45-12-19-4-5-20(13-45)47(19)33-27-23-15-49-14-22(23)25(29-26-21(9-40)32(41)51-31(26)24(38)10-42-29)28(39)30(27)43-34(44-33)50-17-36-6-3-7-46(36)11-18(37)8-36/h10,18-20,48H,3-8,11-17,41H2,1-2H3/t18?,19?,20?,36-/m0/s1. The van der Waals surface area contributed by atoms with Gasteiger partial charge in [0.15, 0.2) is 11.6 Å². The summed E-state index contributed by atoms with van der Waals surface area (Å²) in [4.78, 5) is 20.8. The number of aromatic nitrogens is 3. The third-order valence-electron chi connectivity index (χ3n) is 11.4. The second kappa shape index (κ2) is 11.9.